The summed E-state index contributed by atoms with van der Waals surface area (Å²) in [7, 11) is 0. The van der Waals surface area contributed by atoms with E-state index in [1.54, 1.807) is 41.1 Å². The number of halogens is 2. The van der Waals surface area contributed by atoms with Crippen molar-refractivity contribution >= 4 is 10.9 Å². The maximum Gasteiger partial charge on any atom is 0.132 e. The van der Waals surface area contributed by atoms with Crippen LogP contribution in [0.1, 0.15) is 11.1 Å². The molecule has 0 saturated carbocycles. The lowest BCUT2D eigenvalue weighted by Crippen LogP contribution is -2.01. The van der Waals surface area contributed by atoms with Gasteiger partial charge in [0.15, 0.2) is 0 Å². The van der Waals surface area contributed by atoms with Crippen LogP contribution in [0, 0.1) is 23.0 Å². The molecular weight excluding hydrogens is 258 g/mol. The van der Waals surface area contributed by atoms with Crippen LogP contribution >= 0.6 is 0 Å². The van der Waals surface area contributed by atoms with Gasteiger partial charge >= 0.3 is 0 Å². The van der Waals surface area contributed by atoms with Crippen LogP contribution in [0.2, 0.25) is 0 Å². The van der Waals surface area contributed by atoms with E-state index in [4.69, 9.17) is 5.26 Å². The van der Waals surface area contributed by atoms with Gasteiger partial charge in [-0.25, -0.2) is 8.78 Å². The van der Waals surface area contributed by atoms with Crippen LogP contribution in [0.3, 0.4) is 0 Å². The summed E-state index contributed by atoms with van der Waals surface area (Å²) in [6, 6.07) is 12.8. The zero-order valence-electron chi connectivity index (χ0n) is 10.5. The minimum atomic E-state index is -0.428. The molecule has 0 bridgehead atoms. The average molecular weight is 268 g/mol. The molecule has 0 amide bonds. The number of hydrogen-bond donors (Lipinski definition) is 0. The van der Waals surface area contributed by atoms with Crippen molar-refractivity contribution in [1.82, 2.24) is 4.57 Å². The molecule has 0 fully saturated rings. The van der Waals surface area contributed by atoms with Crippen molar-refractivity contribution in [2.45, 2.75) is 6.54 Å². The van der Waals surface area contributed by atoms with E-state index in [9.17, 15) is 8.78 Å². The first-order valence-corrected chi connectivity index (χ1v) is 6.11. The third-order valence-corrected chi connectivity index (χ3v) is 3.28. The Kier molecular flexibility index (Phi) is 2.96. The highest BCUT2D eigenvalue weighted by Gasteiger charge is 2.08. The normalized spacial score (nSPS) is 10.7. The minimum Gasteiger partial charge on any atom is -0.343 e. The summed E-state index contributed by atoms with van der Waals surface area (Å²) in [6.45, 7) is 0.296. The molecule has 98 valence electrons. The standard InChI is InChI=1S/C16H10F2N2/c17-14-2-1-3-16-13(14)6-7-20(16)10-12-5-4-11(9-19)8-15(12)18/h1-8H,10H2. The lowest BCUT2D eigenvalue weighted by molar-refractivity contribution is 0.601. The summed E-state index contributed by atoms with van der Waals surface area (Å²) >= 11 is 0. The number of fused-ring (bicyclic) bond motifs is 1. The van der Waals surface area contributed by atoms with Crippen molar-refractivity contribution < 1.29 is 8.78 Å². The van der Waals surface area contributed by atoms with Gasteiger partial charge in [-0.3, -0.25) is 0 Å². The first-order valence-electron chi connectivity index (χ1n) is 6.11. The van der Waals surface area contributed by atoms with Crippen LogP contribution < -0.4 is 0 Å². The van der Waals surface area contributed by atoms with E-state index in [0.717, 1.165) is 0 Å². The zero-order valence-corrected chi connectivity index (χ0v) is 10.5. The Morgan fingerprint density at radius 2 is 1.90 bits per heavy atom. The van der Waals surface area contributed by atoms with Crippen LogP contribution in [0.25, 0.3) is 10.9 Å². The average Bonchev–Trinajstić information content (AvgIpc) is 2.86. The second-order valence-electron chi connectivity index (χ2n) is 4.53. The lowest BCUT2D eigenvalue weighted by Gasteiger charge is -2.07. The predicted molar refractivity (Wildman–Crippen MR) is 72.1 cm³/mol. The molecule has 0 radical (unpaired) electrons. The van der Waals surface area contributed by atoms with Gasteiger partial charge in [0, 0.05) is 17.1 Å². The van der Waals surface area contributed by atoms with Gasteiger partial charge in [-0.1, -0.05) is 12.1 Å². The van der Waals surface area contributed by atoms with Gasteiger partial charge < -0.3 is 4.57 Å². The van der Waals surface area contributed by atoms with Crippen molar-refractivity contribution in [3.63, 3.8) is 0 Å². The number of aromatic nitrogens is 1. The van der Waals surface area contributed by atoms with Gasteiger partial charge in [-0.2, -0.15) is 5.26 Å². The fourth-order valence-electron chi connectivity index (χ4n) is 2.25. The van der Waals surface area contributed by atoms with Crippen LogP contribution in [0.15, 0.2) is 48.7 Å². The molecule has 0 spiro atoms. The third kappa shape index (κ3) is 2.04. The molecule has 0 aliphatic rings. The number of nitrogens with zero attached hydrogens (tertiary/aromatic N) is 2. The summed E-state index contributed by atoms with van der Waals surface area (Å²) in [4.78, 5) is 0. The molecule has 4 heteroatoms. The van der Waals surface area contributed by atoms with E-state index in [1.165, 1.54) is 12.1 Å². The number of hydrogen-bond acceptors (Lipinski definition) is 1. The van der Waals surface area contributed by atoms with Gasteiger partial charge in [-0.15, -0.1) is 0 Å². The van der Waals surface area contributed by atoms with E-state index in [2.05, 4.69) is 0 Å². The molecule has 0 aliphatic carbocycles. The van der Waals surface area contributed by atoms with E-state index in [-0.39, 0.29) is 11.4 Å². The monoisotopic (exact) mass is 268 g/mol. The first kappa shape index (κ1) is 12.4. The minimum absolute atomic E-state index is 0.287. The first-order chi connectivity index (χ1) is 9.69. The SMILES string of the molecule is N#Cc1ccc(Cn2ccc3c(F)cccc32)c(F)c1. The van der Waals surface area contributed by atoms with Crippen LogP contribution in [0.5, 0.6) is 0 Å². The predicted octanol–water partition coefficient (Wildman–Crippen LogP) is 3.84. The molecular formula is C16H10F2N2. The molecule has 3 rings (SSSR count). The van der Waals surface area contributed by atoms with E-state index in [1.807, 2.05) is 6.07 Å². The highest BCUT2D eigenvalue weighted by Crippen LogP contribution is 2.21. The van der Waals surface area contributed by atoms with Gasteiger partial charge in [0.25, 0.3) is 0 Å². The lowest BCUT2D eigenvalue weighted by atomic mass is 10.1. The molecule has 3 aromatic rings. The van der Waals surface area contributed by atoms with Crippen molar-refractivity contribution in [3.8, 4) is 6.07 Å². The molecule has 2 nitrogen and oxygen atoms in total. The fraction of sp³-hybridized carbons (Fsp3) is 0.0625. The molecule has 0 saturated heterocycles. The Balaban J connectivity index is 2.02. The smallest absolute Gasteiger partial charge is 0.132 e. The van der Waals surface area contributed by atoms with Crippen LogP contribution in [-0.2, 0) is 6.54 Å². The second kappa shape index (κ2) is 4.78. The summed E-state index contributed by atoms with van der Waals surface area (Å²) in [6.07, 6.45) is 1.73. The molecule has 0 aliphatic heterocycles. The summed E-state index contributed by atoms with van der Waals surface area (Å²) in [5, 5.41) is 9.23. The quantitative estimate of drug-likeness (QED) is 0.694. The van der Waals surface area contributed by atoms with Crippen molar-refractivity contribution in [2.75, 3.05) is 0 Å². The Morgan fingerprint density at radius 1 is 1.05 bits per heavy atom. The number of benzene rings is 2. The Bertz CT molecular complexity index is 828. The fourth-order valence-corrected chi connectivity index (χ4v) is 2.25. The maximum absolute atomic E-state index is 13.9. The molecule has 2 aromatic carbocycles. The van der Waals surface area contributed by atoms with E-state index < -0.39 is 5.82 Å². The molecule has 0 atom stereocenters. The van der Waals surface area contributed by atoms with Gasteiger partial charge in [0.1, 0.15) is 11.6 Å². The highest BCUT2D eigenvalue weighted by molar-refractivity contribution is 5.80. The van der Waals surface area contributed by atoms with Crippen LogP contribution in [0.4, 0.5) is 8.78 Å². The molecule has 0 N–H and O–H groups in total. The largest absolute Gasteiger partial charge is 0.343 e. The Labute approximate surface area is 114 Å². The summed E-state index contributed by atoms with van der Waals surface area (Å²) in [5.41, 5.74) is 1.47. The Hall–Kier alpha value is -2.67. The number of nitriles is 1. The molecule has 1 aromatic heterocycles. The number of rotatable bonds is 2. The topological polar surface area (TPSA) is 28.7 Å². The maximum atomic E-state index is 13.9. The molecule has 20 heavy (non-hydrogen) atoms. The van der Waals surface area contributed by atoms with Crippen molar-refractivity contribution in [2.24, 2.45) is 0 Å². The van der Waals surface area contributed by atoms with Gasteiger partial charge in [-0.05, 0) is 30.3 Å². The van der Waals surface area contributed by atoms with Gasteiger partial charge in [0.05, 0.1) is 23.7 Å². The Morgan fingerprint density at radius 3 is 2.65 bits per heavy atom. The van der Waals surface area contributed by atoms with E-state index >= 15 is 0 Å². The second-order valence-corrected chi connectivity index (χ2v) is 4.53. The van der Waals surface area contributed by atoms with Crippen molar-refractivity contribution in [3.05, 3.63) is 71.4 Å². The van der Waals surface area contributed by atoms with Crippen molar-refractivity contribution in [1.29, 1.82) is 5.26 Å². The molecule has 1 heterocycles. The van der Waals surface area contributed by atoms with E-state index in [0.29, 0.717) is 23.0 Å². The zero-order chi connectivity index (χ0) is 14.1. The van der Waals surface area contributed by atoms with Gasteiger partial charge in [0.2, 0.25) is 0 Å². The third-order valence-electron chi connectivity index (χ3n) is 3.28. The summed E-state index contributed by atoms with van der Waals surface area (Å²) < 4.78 is 29.2. The highest BCUT2D eigenvalue weighted by atomic mass is 19.1. The molecule has 0 unspecified atom stereocenters. The summed E-state index contributed by atoms with van der Waals surface area (Å²) in [5.74, 6) is -0.719. The van der Waals surface area contributed by atoms with Crippen LogP contribution in [-0.4, -0.2) is 4.57 Å².